The Morgan fingerprint density at radius 2 is 1.69 bits per heavy atom. The summed E-state index contributed by atoms with van der Waals surface area (Å²) < 4.78 is 5.43. The highest BCUT2D eigenvalue weighted by molar-refractivity contribution is 6.01. The van der Waals surface area contributed by atoms with E-state index in [2.05, 4.69) is 44.4 Å². The van der Waals surface area contributed by atoms with E-state index in [0.29, 0.717) is 12.3 Å². The van der Waals surface area contributed by atoms with Crippen molar-refractivity contribution in [3.63, 3.8) is 0 Å². The maximum atomic E-state index is 12.2. The molecule has 0 spiro atoms. The van der Waals surface area contributed by atoms with E-state index in [1.54, 1.807) is 12.3 Å². The lowest BCUT2D eigenvalue weighted by molar-refractivity contribution is -0.111. The predicted molar refractivity (Wildman–Crippen MR) is 130 cm³/mol. The Hall–Kier alpha value is -3.80. The van der Waals surface area contributed by atoms with Crippen molar-refractivity contribution in [1.29, 1.82) is 0 Å². The molecule has 1 fully saturated rings. The van der Waals surface area contributed by atoms with Crippen LogP contribution in [0.4, 0.5) is 17.2 Å². The number of amides is 1. The quantitative estimate of drug-likeness (QED) is 0.563. The van der Waals surface area contributed by atoms with Gasteiger partial charge in [0.2, 0.25) is 5.91 Å². The molecule has 1 aromatic heterocycles. The van der Waals surface area contributed by atoms with E-state index in [4.69, 9.17) is 4.74 Å². The average molecular weight is 429 g/mol. The maximum Gasteiger partial charge on any atom is 0.248 e. The number of aromatic nitrogens is 1. The summed E-state index contributed by atoms with van der Waals surface area (Å²) in [6, 6.07) is 22.0. The molecule has 4 rings (SSSR count). The van der Waals surface area contributed by atoms with Gasteiger partial charge in [0.25, 0.3) is 0 Å². The van der Waals surface area contributed by atoms with E-state index < -0.39 is 0 Å². The zero-order valence-electron chi connectivity index (χ0n) is 18.3. The second kappa shape index (κ2) is 10.5. The Balaban J connectivity index is 1.27. The third kappa shape index (κ3) is 5.66. The Bertz CT molecular complexity index is 1030. The van der Waals surface area contributed by atoms with Crippen LogP contribution in [0.1, 0.15) is 12.5 Å². The number of pyridine rings is 1. The van der Waals surface area contributed by atoms with E-state index in [0.717, 1.165) is 43.3 Å². The summed E-state index contributed by atoms with van der Waals surface area (Å²) in [5.74, 6) is 1.56. The van der Waals surface area contributed by atoms with E-state index in [1.165, 1.54) is 11.8 Å². The van der Waals surface area contributed by atoms with Crippen LogP contribution in [0.3, 0.4) is 0 Å². The lowest BCUT2D eigenvalue weighted by Gasteiger charge is -2.36. The molecule has 3 aromatic rings. The lowest BCUT2D eigenvalue weighted by atomic mass is 10.2. The van der Waals surface area contributed by atoms with E-state index in [1.807, 2.05) is 49.4 Å². The summed E-state index contributed by atoms with van der Waals surface area (Å²) in [6.07, 6.45) is 5.01. The molecule has 6 nitrogen and oxygen atoms in total. The smallest absolute Gasteiger partial charge is 0.248 e. The lowest BCUT2D eigenvalue weighted by Crippen LogP contribution is -2.46. The van der Waals surface area contributed by atoms with Crippen LogP contribution in [0.25, 0.3) is 6.08 Å². The third-order valence-electron chi connectivity index (χ3n) is 5.36. The fourth-order valence-electron chi connectivity index (χ4n) is 3.68. The van der Waals surface area contributed by atoms with Crippen LogP contribution in [0.15, 0.2) is 79.0 Å². The zero-order chi connectivity index (χ0) is 22.2. The van der Waals surface area contributed by atoms with Crippen LogP contribution in [0.2, 0.25) is 0 Å². The second-order valence-corrected chi connectivity index (χ2v) is 7.54. The number of carbonyl (C=O) groups is 1. The number of piperazine rings is 1. The summed E-state index contributed by atoms with van der Waals surface area (Å²) in [5.41, 5.74) is 2.88. The van der Waals surface area contributed by atoms with Crippen molar-refractivity contribution in [2.24, 2.45) is 0 Å². The molecule has 0 atom stereocenters. The molecule has 0 bridgehead atoms. The van der Waals surface area contributed by atoms with Crippen LogP contribution in [-0.2, 0) is 4.79 Å². The predicted octanol–water partition coefficient (Wildman–Crippen LogP) is 4.46. The number of para-hydroxylation sites is 1. The molecule has 1 saturated heterocycles. The minimum Gasteiger partial charge on any atom is -0.494 e. The van der Waals surface area contributed by atoms with Gasteiger partial charge in [-0.1, -0.05) is 30.3 Å². The fraction of sp³-hybridized carbons (Fsp3) is 0.231. The van der Waals surface area contributed by atoms with Crippen LogP contribution >= 0.6 is 0 Å². The van der Waals surface area contributed by atoms with Gasteiger partial charge in [-0.3, -0.25) is 4.79 Å². The minimum atomic E-state index is -0.190. The largest absolute Gasteiger partial charge is 0.494 e. The number of benzene rings is 2. The summed E-state index contributed by atoms with van der Waals surface area (Å²) in [4.78, 5) is 21.5. The third-order valence-corrected chi connectivity index (χ3v) is 5.36. The van der Waals surface area contributed by atoms with Crippen molar-refractivity contribution in [2.45, 2.75) is 6.92 Å². The zero-order valence-corrected chi connectivity index (χ0v) is 18.3. The summed E-state index contributed by atoms with van der Waals surface area (Å²) in [6.45, 7) is 6.33. The van der Waals surface area contributed by atoms with Gasteiger partial charge >= 0.3 is 0 Å². The van der Waals surface area contributed by atoms with Crippen LogP contribution in [0.5, 0.6) is 5.75 Å². The highest BCUT2D eigenvalue weighted by atomic mass is 16.5. The first kappa shape index (κ1) is 21.4. The highest BCUT2D eigenvalue weighted by Gasteiger charge is 2.18. The van der Waals surface area contributed by atoms with E-state index in [9.17, 15) is 4.79 Å². The minimum absolute atomic E-state index is 0.190. The monoisotopic (exact) mass is 428 g/mol. The Kier molecular flexibility index (Phi) is 7.02. The molecule has 1 aliphatic rings. The van der Waals surface area contributed by atoms with Gasteiger partial charge in [0.05, 0.1) is 18.5 Å². The SMILES string of the molecule is CCOc1ccc(/C=C/C(=O)Nc2ccc(N3CCN(c4ccccc4)CC3)nc2)cc1. The van der Waals surface area contributed by atoms with Crippen LogP contribution in [-0.4, -0.2) is 43.7 Å². The first-order chi connectivity index (χ1) is 15.7. The summed E-state index contributed by atoms with van der Waals surface area (Å²) in [7, 11) is 0. The van der Waals surface area contributed by atoms with Gasteiger partial charge in [0.15, 0.2) is 0 Å². The van der Waals surface area contributed by atoms with E-state index in [-0.39, 0.29) is 5.91 Å². The van der Waals surface area contributed by atoms with Gasteiger partial charge in [0.1, 0.15) is 11.6 Å². The van der Waals surface area contributed by atoms with Crippen LogP contribution in [0, 0.1) is 0 Å². The standard InChI is InChI=1S/C26H28N4O2/c1-2-32-24-12-8-21(9-13-24)10-15-26(31)28-22-11-14-25(27-20-22)30-18-16-29(17-19-30)23-6-4-3-5-7-23/h3-15,20H,2,16-19H2,1H3,(H,28,31)/b15-10+. The molecule has 0 saturated carbocycles. The molecule has 0 radical (unpaired) electrons. The molecule has 1 aliphatic heterocycles. The maximum absolute atomic E-state index is 12.2. The molecule has 1 N–H and O–H groups in total. The van der Waals surface area contributed by atoms with Crippen molar-refractivity contribution in [1.82, 2.24) is 4.98 Å². The topological polar surface area (TPSA) is 57.7 Å². The van der Waals surface area contributed by atoms with Crippen molar-refractivity contribution in [2.75, 3.05) is 47.9 Å². The van der Waals surface area contributed by atoms with Gasteiger partial charge < -0.3 is 19.9 Å². The number of hydrogen-bond acceptors (Lipinski definition) is 5. The Morgan fingerprint density at radius 1 is 0.969 bits per heavy atom. The second-order valence-electron chi connectivity index (χ2n) is 7.54. The fourth-order valence-corrected chi connectivity index (χ4v) is 3.68. The van der Waals surface area contributed by atoms with Crippen molar-refractivity contribution >= 4 is 29.2 Å². The molecule has 6 heteroatoms. The molecule has 0 aliphatic carbocycles. The molecule has 2 aromatic carbocycles. The molecule has 2 heterocycles. The number of rotatable bonds is 7. The van der Waals surface area contributed by atoms with Gasteiger partial charge in [-0.15, -0.1) is 0 Å². The molecular formula is C26H28N4O2. The van der Waals surface area contributed by atoms with Gasteiger partial charge in [0, 0.05) is 37.9 Å². The van der Waals surface area contributed by atoms with Crippen LogP contribution < -0.4 is 19.9 Å². The molecule has 0 unspecified atom stereocenters. The first-order valence-electron chi connectivity index (χ1n) is 10.9. The Morgan fingerprint density at radius 3 is 2.34 bits per heavy atom. The first-order valence-corrected chi connectivity index (χ1v) is 10.9. The highest BCUT2D eigenvalue weighted by Crippen LogP contribution is 2.20. The van der Waals surface area contributed by atoms with Gasteiger partial charge in [-0.2, -0.15) is 0 Å². The van der Waals surface area contributed by atoms with Crippen molar-refractivity contribution in [3.05, 3.63) is 84.6 Å². The van der Waals surface area contributed by atoms with Crippen molar-refractivity contribution in [3.8, 4) is 5.75 Å². The molecular weight excluding hydrogens is 400 g/mol. The summed E-state index contributed by atoms with van der Waals surface area (Å²) in [5, 5.41) is 2.86. The summed E-state index contributed by atoms with van der Waals surface area (Å²) >= 11 is 0. The van der Waals surface area contributed by atoms with E-state index >= 15 is 0 Å². The number of carbonyl (C=O) groups excluding carboxylic acids is 1. The molecule has 164 valence electrons. The van der Waals surface area contributed by atoms with Crippen molar-refractivity contribution < 1.29 is 9.53 Å². The number of anilines is 3. The normalized spacial score (nSPS) is 13.9. The van der Waals surface area contributed by atoms with Gasteiger partial charge in [-0.05, 0) is 55.0 Å². The number of hydrogen-bond donors (Lipinski definition) is 1. The number of nitrogens with one attached hydrogen (secondary N) is 1. The number of ether oxygens (including phenoxy) is 1. The number of nitrogens with zero attached hydrogens (tertiary/aromatic N) is 3. The van der Waals surface area contributed by atoms with Gasteiger partial charge in [-0.25, -0.2) is 4.98 Å². The molecule has 1 amide bonds. The average Bonchev–Trinajstić information content (AvgIpc) is 2.85. The molecule has 32 heavy (non-hydrogen) atoms. The Labute approximate surface area is 189 Å².